The summed E-state index contributed by atoms with van der Waals surface area (Å²) in [6.07, 6.45) is 1.75. The average Bonchev–Trinajstić information content (AvgIpc) is 2.19. The first-order chi connectivity index (χ1) is 6.77. The van der Waals surface area contributed by atoms with Crippen LogP contribution in [0.1, 0.15) is 0 Å². The van der Waals surface area contributed by atoms with Gasteiger partial charge in [0.05, 0.1) is 0 Å². The van der Waals surface area contributed by atoms with E-state index in [9.17, 15) is 4.79 Å². The average molecular weight is 250 g/mol. The van der Waals surface area contributed by atoms with Crippen molar-refractivity contribution < 1.29 is 0 Å². The van der Waals surface area contributed by atoms with Gasteiger partial charge in [-0.2, -0.15) is 0 Å². The Hall–Kier alpha value is -1.35. The number of hydrogen-bond acceptors (Lipinski definition) is 1. The van der Waals surface area contributed by atoms with Crippen LogP contribution < -0.4 is 5.56 Å². The molecule has 70 valence electrons. The quantitative estimate of drug-likeness (QED) is 0.762. The molecule has 2 nitrogen and oxygen atoms in total. The van der Waals surface area contributed by atoms with Gasteiger partial charge in [-0.3, -0.25) is 9.36 Å². The van der Waals surface area contributed by atoms with Crippen LogP contribution >= 0.6 is 15.9 Å². The van der Waals surface area contributed by atoms with E-state index in [1.165, 1.54) is 0 Å². The van der Waals surface area contributed by atoms with Crippen molar-refractivity contribution in [1.29, 1.82) is 0 Å². The number of nitrogens with zero attached hydrogens (tertiary/aromatic N) is 1. The Labute approximate surface area is 89.9 Å². The van der Waals surface area contributed by atoms with E-state index >= 15 is 0 Å². The molecule has 0 bridgehead atoms. The molecule has 14 heavy (non-hydrogen) atoms. The van der Waals surface area contributed by atoms with Gasteiger partial charge in [-0.25, -0.2) is 0 Å². The third kappa shape index (κ3) is 1.77. The molecule has 0 spiro atoms. The number of para-hydroxylation sites is 1. The molecule has 0 fully saturated rings. The summed E-state index contributed by atoms with van der Waals surface area (Å²) in [5, 5.41) is 0. The Balaban J connectivity index is 2.59. The molecule has 0 atom stereocenters. The lowest BCUT2D eigenvalue weighted by Gasteiger charge is -2.04. The summed E-state index contributed by atoms with van der Waals surface area (Å²) in [6, 6.07) is 12.9. The molecule has 1 aromatic carbocycles. The SMILES string of the molecule is O=c1cc(Br)ccn1-c1ccccc1. The highest BCUT2D eigenvalue weighted by Crippen LogP contribution is 2.08. The lowest BCUT2D eigenvalue weighted by atomic mass is 10.3. The standard InChI is InChI=1S/C11H8BrNO/c12-9-6-7-13(11(14)8-9)10-4-2-1-3-5-10/h1-8H. The second-order valence-corrected chi connectivity index (χ2v) is 3.80. The number of benzene rings is 1. The highest BCUT2D eigenvalue weighted by molar-refractivity contribution is 9.10. The molecule has 1 heterocycles. The number of aromatic nitrogens is 1. The van der Waals surface area contributed by atoms with Crippen LogP contribution in [-0.4, -0.2) is 4.57 Å². The summed E-state index contributed by atoms with van der Waals surface area (Å²) in [5.41, 5.74) is 0.843. The molecular weight excluding hydrogens is 242 g/mol. The molecular formula is C11H8BrNO. The maximum atomic E-state index is 11.6. The number of hydrogen-bond donors (Lipinski definition) is 0. The highest BCUT2D eigenvalue weighted by atomic mass is 79.9. The summed E-state index contributed by atoms with van der Waals surface area (Å²) in [4.78, 5) is 11.6. The highest BCUT2D eigenvalue weighted by Gasteiger charge is 1.97. The van der Waals surface area contributed by atoms with Gasteiger partial charge < -0.3 is 0 Å². The zero-order valence-corrected chi connectivity index (χ0v) is 8.94. The zero-order chi connectivity index (χ0) is 9.97. The van der Waals surface area contributed by atoms with Gasteiger partial charge in [-0.15, -0.1) is 0 Å². The number of halogens is 1. The largest absolute Gasteiger partial charge is 0.284 e. The van der Waals surface area contributed by atoms with Gasteiger partial charge in [0.25, 0.3) is 5.56 Å². The smallest absolute Gasteiger partial charge is 0.256 e. The zero-order valence-electron chi connectivity index (χ0n) is 7.35. The number of rotatable bonds is 1. The van der Waals surface area contributed by atoms with Crippen LogP contribution in [0, 0.1) is 0 Å². The van der Waals surface area contributed by atoms with Crippen molar-refractivity contribution in [3.05, 3.63) is 63.5 Å². The lowest BCUT2D eigenvalue weighted by molar-refractivity contribution is 0.986. The predicted molar refractivity (Wildman–Crippen MR) is 59.7 cm³/mol. The van der Waals surface area contributed by atoms with E-state index in [-0.39, 0.29) is 5.56 Å². The maximum Gasteiger partial charge on any atom is 0.256 e. The fourth-order valence-electron chi connectivity index (χ4n) is 1.26. The van der Waals surface area contributed by atoms with E-state index in [4.69, 9.17) is 0 Å². The van der Waals surface area contributed by atoms with Crippen molar-refractivity contribution in [2.24, 2.45) is 0 Å². The molecule has 0 amide bonds. The molecule has 3 heteroatoms. The topological polar surface area (TPSA) is 22.0 Å². The van der Waals surface area contributed by atoms with Crippen LogP contribution in [0.5, 0.6) is 0 Å². The molecule has 1 aromatic heterocycles. The van der Waals surface area contributed by atoms with Gasteiger partial charge in [0, 0.05) is 22.4 Å². The van der Waals surface area contributed by atoms with E-state index in [0.29, 0.717) is 0 Å². The van der Waals surface area contributed by atoms with Crippen LogP contribution in [0.3, 0.4) is 0 Å². The Kier molecular flexibility index (Phi) is 2.50. The second-order valence-electron chi connectivity index (χ2n) is 2.89. The Morgan fingerprint density at radius 3 is 2.43 bits per heavy atom. The molecule has 0 aliphatic rings. The van der Waals surface area contributed by atoms with Crippen LogP contribution in [-0.2, 0) is 0 Å². The maximum absolute atomic E-state index is 11.6. The number of pyridine rings is 1. The Morgan fingerprint density at radius 1 is 1.07 bits per heavy atom. The van der Waals surface area contributed by atoms with Crippen LogP contribution in [0.15, 0.2) is 57.9 Å². The predicted octanol–water partition coefficient (Wildman–Crippen LogP) is 2.60. The van der Waals surface area contributed by atoms with Gasteiger partial charge in [0.1, 0.15) is 0 Å². The Morgan fingerprint density at radius 2 is 1.79 bits per heavy atom. The summed E-state index contributed by atoms with van der Waals surface area (Å²) in [7, 11) is 0. The van der Waals surface area contributed by atoms with Gasteiger partial charge in [-0.1, -0.05) is 34.1 Å². The van der Waals surface area contributed by atoms with Crippen LogP contribution in [0.25, 0.3) is 5.69 Å². The summed E-state index contributed by atoms with van der Waals surface area (Å²) in [5.74, 6) is 0. The first-order valence-electron chi connectivity index (χ1n) is 4.21. The van der Waals surface area contributed by atoms with Crippen molar-refractivity contribution in [2.75, 3.05) is 0 Å². The normalized spacial score (nSPS) is 10.1. The second kappa shape index (κ2) is 3.80. The molecule has 0 saturated heterocycles. The third-order valence-corrected chi connectivity index (χ3v) is 2.41. The van der Waals surface area contributed by atoms with Crippen molar-refractivity contribution in [3.8, 4) is 5.69 Å². The van der Waals surface area contributed by atoms with E-state index < -0.39 is 0 Å². The molecule has 0 radical (unpaired) electrons. The summed E-state index contributed by atoms with van der Waals surface area (Å²) >= 11 is 3.26. The Bertz CT molecular complexity index is 490. The van der Waals surface area contributed by atoms with E-state index in [1.54, 1.807) is 16.8 Å². The van der Waals surface area contributed by atoms with E-state index in [1.807, 2.05) is 36.4 Å². The van der Waals surface area contributed by atoms with Crippen molar-refractivity contribution in [2.45, 2.75) is 0 Å². The monoisotopic (exact) mass is 249 g/mol. The first kappa shape index (κ1) is 9.21. The first-order valence-corrected chi connectivity index (χ1v) is 5.00. The van der Waals surface area contributed by atoms with E-state index in [0.717, 1.165) is 10.2 Å². The van der Waals surface area contributed by atoms with Gasteiger partial charge in [0.15, 0.2) is 0 Å². The fourth-order valence-corrected chi connectivity index (χ4v) is 1.57. The van der Waals surface area contributed by atoms with E-state index in [2.05, 4.69) is 15.9 Å². The van der Waals surface area contributed by atoms with Crippen molar-refractivity contribution in [1.82, 2.24) is 4.57 Å². The fraction of sp³-hybridized carbons (Fsp3) is 0. The van der Waals surface area contributed by atoms with Gasteiger partial charge in [0.2, 0.25) is 0 Å². The molecule has 0 N–H and O–H groups in total. The molecule has 0 aliphatic heterocycles. The third-order valence-electron chi connectivity index (χ3n) is 1.92. The molecule has 0 saturated carbocycles. The molecule has 2 aromatic rings. The minimum atomic E-state index is -0.0365. The van der Waals surface area contributed by atoms with Crippen molar-refractivity contribution >= 4 is 15.9 Å². The van der Waals surface area contributed by atoms with Crippen molar-refractivity contribution in [3.63, 3.8) is 0 Å². The molecule has 0 aliphatic carbocycles. The van der Waals surface area contributed by atoms with Gasteiger partial charge >= 0.3 is 0 Å². The van der Waals surface area contributed by atoms with Crippen LogP contribution in [0.2, 0.25) is 0 Å². The summed E-state index contributed by atoms with van der Waals surface area (Å²) in [6.45, 7) is 0. The summed E-state index contributed by atoms with van der Waals surface area (Å²) < 4.78 is 2.40. The minimum absolute atomic E-state index is 0.0365. The lowest BCUT2D eigenvalue weighted by Crippen LogP contribution is -2.15. The van der Waals surface area contributed by atoms with Crippen LogP contribution in [0.4, 0.5) is 0 Å². The molecule has 2 rings (SSSR count). The van der Waals surface area contributed by atoms with Gasteiger partial charge in [-0.05, 0) is 18.2 Å². The molecule has 0 unspecified atom stereocenters. The minimum Gasteiger partial charge on any atom is -0.284 e.